The molecule has 4 nitrogen and oxygen atoms in total. The lowest BCUT2D eigenvalue weighted by Crippen LogP contribution is -2.43. The number of pyridine rings is 1. The maximum atomic E-state index is 12.4. The van der Waals surface area contributed by atoms with Crippen molar-refractivity contribution in [2.45, 2.75) is 58.9 Å². The summed E-state index contributed by atoms with van der Waals surface area (Å²) in [6, 6.07) is 3.69. The minimum atomic E-state index is -0.181. The van der Waals surface area contributed by atoms with E-state index in [1.165, 1.54) is 0 Å². The zero-order valence-corrected chi connectivity index (χ0v) is 13.3. The molecule has 0 aromatic carbocycles. The van der Waals surface area contributed by atoms with Gasteiger partial charge in [-0.2, -0.15) is 0 Å². The van der Waals surface area contributed by atoms with Gasteiger partial charge in [-0.05, 0) is 38.8 Å². The number of hydrogen-bond acceptors (Lipinski definition) is 3. The molecule has 20 heavy (non-hydrogen) atoms. The van der Waals surface area contributed by atoms with Crippen LogP contribution in [0.1, 0.15) is 63.0 Å². The Morgan fingerprint density at radius 2 is 1.95 bits per heavy atom. The Hall–Kier alpha value is -1.58. The minimum Gasteiger partial charge on any atom is -0.373 e. The van der Waals surface area contributed by atoms with Crippen LogP contribution in [-0.2, 0) is 6.42 Å². The molecule has 0 spiro atoms. The molecule has 0 aliphatic carbocycles. The average Bonchev–Trinajstić information content (AvgIpc) is 2.38. The zero-order valence-electron chi connectivity index (χ0n) is 13.3. The molecular formula is C16H27N3O. The van der Waals surface area contributed by atoms with Gasteiger partial charge in [-0.25, -0.2) is 4.98 Å². The van der Waals surface area contributed by atoms with Gasteiger partial charge in [-0.15, -0.1) is 0 Å². The molecule has 1 rings (SSSR count). The molecule has 0 unspecified atom stereocenters. The number of hydrogen-bond donors (Lipinski definition) is 2. The largest absolute Gasteiger partial charge is 0.373 e. The second-order valence-electron chi connectivity index (χ2n) is 5.82. The van der Waals surface area contributed by atoms with Crippen molar-refractivity contribution in [2.75, 3.05) is 12.4 Å². The molecule has 1 amide bonds. The van der Waals surface area contributed by atoms with E-state index in [1.54, 1.807) is 6.07 Å². The molecule has 0 aliphatic heterocycles. The SMILES string of the molecule is CCCc1cc(C(=O)NC(C)(C)CCC)cc(NC)n1. The van der Waals surface area contributed by atoms with Crippen molar-refractivity contribution in [3.8, 4) is 0 Å². The Morgan fingerprint density at radius 3 is 2.50 bits per heavy atom. The van der Waals surface area contributed by atoms with Gasteiger partial charge in [0.05, 0.1) is 0 Å². The third-order valence-corrected chi connectivity index (χ3v) is 3.23. The molecule has 2 N–H and O–H groups in total. The summed E-state index contributed by atoms with van der Waals surface area (Å²) < 4.78 is 0. The van der Waals surface area contributed by atoms with Gasteiger partial charge >= 0.3 is 0 Å². The van der Waals surface area contributed by atoms with Crippen molar-refractivity contribution in [3.05, 3.63) is 23.4 Å². The van der Waals surface area contributed by atoms with Crippen molar-refractivity contribution in [1.29, 1.82) is 0 Å². The van der Waals surface area contributed by atoms with Crippen molar-refractivity contribution in [2.24, 2.45) is 0 Å². The standard InChI is InChI=1S/C16H27N3O/c1-6-8-13-10-12(11-14(17-5)18-13)15(20)19-16(3,4)9-7-2/h10-11H,6-9H2,1-5H3,(H,17,18)(H,19,20). The Kier molecular flexibility index (Phi) is 5.99. The fourth-order valence-electron chi connectivity index (χ4n) is 2.30. The monoisotopic (exact) mass is 277 g/mol. The summed E-state index contributed by atoms with van der Waals surface area (Å²) in [6.45, 7) is 8.35. The summed E-state index contributed by atoms with van der Waals surface area (Å²) in [5.41, 5.74) is 1.45. The fourth-order valence-corrected chi connectivity index (χ4v) is 2.30. The van der Waals surface area contributed by atoms with E-state index in [1.807, 2.05) is 13.1 Å². The maximum absolute atomic E-state index is 12.4. The first-order valence-electron chi connectivity index (χ1n) is 7.43. The highest BCUT2D eigenvalue weighted by atomic mass is 16.1. The third kappa shape index (κ3) is 4.83. The highest BCUT2D eigenvalue weighted by Crippen LogP contribution is 2.15. The smallest absolute Gasteiger partial charge is 0.251 e. The van der Waals surface area contributed by atoms with Gasteiger partial charge in [-0.1, -0.05) is 26.7 Å². The number of nitrogens with zero attached hydrogens (tertiary/aromatic N) is 1. The van der Waals surface area contributed by atoms with Gasteiger partial charge in [0.2, 0.25) is 0 Å². The predicted molar refractivity (Wildman–Crippen MR) is 84.2 cm³/mol. The number of anilines is 1. The Morgan fingerprint density at radius 1 is 1.25 bits per heavy atom. The van der Waals surface area contributed by atoms with E-state index >= 15 is 0 Å². The molecule has 112 valence electrons. The summed E-state index contributed by atoms with van der Waals surface area (Å²) in [5.74, 6) is 0.717. The van der Waals surface area contributed by atoms with Gasteiger partial charge in [-0.3, -0.25) is 4.79 Å². The average molecular weight is 277 g/mol. The van der Waals surface area contributed by atoms with Gasteiger partial charge in [0.1, 0.15) is 5.82 Å². The van der Waals surface area contributed by atoms with Crippen LogP contribution in [0.4, 0.5) is 5.82 Å². The van der Waals surface area contributed by atoms with Crippen LogP contribution in [-0.4, -0.2) is 23.5 Å². The molecule has 0 radical (unpaired) electrons. The molecule has 1 aromatic rings. The van der Waals surface area contributed by atoms with Gasteiger partial charge in [0, 0.05) is 23.8 Å². The van der Waals surface area contributed by atoms with E-state index in [-0.39, 0.29) is 11.4 Å². The van der Waals surface area contributed by atoms with Gasteiger partial charge in [0.15, 0.2) is 0 Å². The summed E-state index contributed by atoms with van der Waals surface area (Å²) >= 11 is 0. The van der Waals surface area contributed by atoms with E-state index in [2.05, 4.69) is 43.3 Å². The highest BCUT2D eigenvalue weighted by Gasteiger charge is 2.20. The topological polar surface area (TPSA) is 54.0 Å². The lowest BCUT2D eigenvalue weighted by atomic mass is 9.98. The van der Waals surface area contributed by atoms with Crippen LogP contribution in [0.2, 0.25) is 0 Å². The predicted octanol–water partition coefficient (Wildman–Crippen LogP) is 3.38. The van der Waals surface area contributed by atoms with E-state index < -0.39 is 0 Å². The molecule has 0 saturated carbocycles. The van der Waals surface area contributed by atoms with Crippen molar-refractivity contribution >= 4 is 11.7 Å². The third-order valence-electron chi connectivity index (χ3n) is 3.23. The first kappa shape index (κ1) is 16.5. The Balaban J connectivity index is 2.94. The minimum absolute atomic E-state index is 0.0281. The van der Waals surface area contributed by atoms with E-state index in [4.69, 9.17) is 0 Å². The number of nitrogens with one attached hydrogen (secondary N) is 2. The van der Waals surface area contributed by atoms with Crippen molar-refractivity contribution < 1.29 is 4.79 Å². The summed E-state index contributed by atoms with van der Waals surface area (Å²) in [4.78, 5) is 16.9. The molecule has 0 atom stereocenters. The quantitative estimate of drug-likeness (QED) is 0.803. The van der Waals surface area contributed by atoms with Crippen LogP contribution in [0.15, 0.2) is 12.1 Å². The fraction of sp³-hybridized carbons (Fsp3) is 0.625. The van der Waals surface area contributed by atoms with Crippen molar-refractivity contribution in [1.82, 2.24) is 10.3 Å². The van der Waals surface area contributed by atoms with E-state index in [0.29, 0.717) is 5.56 Å². The van der Waals surface area contributed by atoms with Crippen LogP contribution in [0.5, 0.6) is 0 Å². The van der Waals surface area contributed by atoms with Crippen LogP contribution in [0.25, 0.3) is 0 Å². The van der Waals surface area contributed by atoms with Gasteiger partial charge in [0.25, 0.3) is 5.91 Å². The van der Waals surface area contributed by atoms with Gasteiger partial charge < -0.3 is 10.6 Å². The lowest BCUT2D eigenvalue weighted by molar-refractivity contribution is 0.0909. The normalized spacial score (nSPS) is 11.2. The molecular weight excluding hydrogens is 250 g/mol. The summed E-state index contributed by atoms with van der Waals surface area (Å²) in [5, 5.41) is 6.12. The van der Waals surface area contributed by atoms with Crippen molar-refractivity contribution in [3.63, 3.8) is 0 Å². The molecule has 0 bridgehead atoms. The summed E-state index contributed by atoms with van der Waals surface area (Å²) in [6.07, 6.45) is 3.91. The Bertz CT molecular complexity index is 455. The van der Waals surface area contributed by atoms with Crippen LogP contribution >= 0.6 is 0 Å². The van der Waals surface area contributed by atoms with Crippen LogP contribution in [0, 0.1) is 0 Å². The number of aromatic nitrogens is 1. The van der Waals surface area contributed by atoms with E-state index in [9.17, 15) is 4.79 Å². The Labute approximate surface area is 122 Å². The second-order valence-corrected chi connectivity index (χ2v) is 5.82. The lowest BCUT2D eigenvalue weighted by Gasteiger charge is -2.26. The number of carbonyl (C=O) groups excluding carboxylic acids is 1. The molecule has 0 saturated heterocycles. The number of rotatable bonds is 7. The molecule has 0 aliphatic rings. The molecule has 1 aromatic heterocycles. The second kappa shape index (κ2) is 7.27. The first-order chi connectivity index (χ1) is 9.41. The van der Waals surface area contributed by atoms with Crippen LogP contribution in [0.3, 0.4) is 0 Å². The van der Waals surface area contributed by atoms with Crippen LogP contribution < -0.4 is 10.6 Å². The highest BCUT2D eigenvalue weighted by molar-refractivity contribution is 5.95. The summed E-state index contributed by atoms with van der Waals surface area (Å²) in [7, 11) is 1.82. The van der Waals surface area contributed by atoms with E-state index in [0.717, 1.165) is 37.2 Å². The number of carbonyl (C=O) groups is 1. The maximum Gasteiger partial charge on any atom is 0.251 e. The molecule has 0 fully saturated rings. The molecule has 1 heterocycles. The molecule has 4 heteroatoms. The zero-order chi connectivity index (χ0) is 15.2. The first-order valence-corrected chi connectivity index (χ1v) is 7.43. The number of amides is 1. The number of aryl methyl sites for hydroxylation is 1.